The van der Waals surface area contributed by atoms with Gasteiger partial charge in [-0.3, -0.25) is 4.79 Å². The van der Waals surface area contributed by atoms with Crippen LogP contribution in [0, 0.1) is 23.2 Å². The van der Waals surface area contributed by atoms with Gasteiger partial charge in [0.1, 0.15) is 5.78 Å². The summed E-state index contributed by atoms with van der Waals surface area (Å²) in [5.74, 6) is 2.62. The highest BCUT2D eigenvalue weighted by molar-refractivity contribution is 5.83. The van der Waals surface area contributed by atoms with E-state index < -0.39 is 0 Å². The molecule has 0 aromatic heterocycles. The molecule has 0 aromatic rings. The second-order valence-electron chi connectivity index (χ2n) is 7.20. The van der Waals surface area contributed by atoms with E-state index in [9.17, 15) is 4.79 Å². The standard InChI is InChI=1S/C17H28O/c1-12(2)5-6-13(3)15-11-17(15,4)10-9-16(18)14-7-8-14/h5,13-15H,6-11H2,1-4H3. The summed E-state index contributed by atoms with van der Waals surface area (Å²) in [4.78, 5) is 11.8. The Bertz CT molecular complexity index is 347. The van der Waals surface area contributed by atoms with E-state index in [0.29, 0.717) is 17.1 Å². The van der Waals surface area contributed by atoms with Gasteiger partial charge in [-0.15, -0.1) is 0 Å². The molecule has 2 aliphatic rings. The first kappa shape index (κ1) is 13.8. The lowest BCUT2D eigenvalue weighted by Gasteiger charge is -2.15. The van der Waals surface area contributed by atoms with Gasteiger partial charge in [-0.25, -0.2) is 0 Å². The second kappa shape index (κ2) is 5.19. The number of carbonyl (C=O) groups excluding carboxylic acids is 1. The minimum Gasteiger partial charge on any atom is -0.299 e. The van der Waals surface area contributed by atoms with Crippen LogP contribution in [0.3, 0.4) is 0 Å². The van der Waals surface area contributed by atoms with Gasteiger partial charge in [0.15, 0.2) is 0 Å². The number of ketones is 1. The molecule has 2 saturated carbocycles. The Labute approximate surface area is 112 Å². The van der Waals surface area contributed by atoms with Crippen LogP contribution in [-0.4, -0.2) is 5.78 Å². The molecule has 2 aliphatic carbocycles. The monoisotopic (exact) mass is 248 g/mol. The zero-order valence-corrected chi connectivity index (χ0v) is 12.5. The van der Waals surface area contributed by atoms with Crippen molar-refractivity contribution < 1.29 is 4.79 Å². The molecular formula is C17H28O. The summed E-state index contributed by atoms with van der Waals surface area (Å²) in [5.41, 5.74) is 1.90. The Morgan fingerprint density at radius 2 is 2.06 bits per heavy atom. The summed E-state index contributed by atoms with van der Waals surface area (Å²) in [7, 11) is 0. The van der Waals surface area contributed by atoms with Crippen molar-refractivity contribution in [3.63, 3.8) is 0 Å². The maximum atomic E-state index is 11.8. The fourth-order valence-corrected chi connectivity index (χ4v) is 3.22. The van der Waals surface area contributed by atoms with Gasteiger partial charge in [0.25, 0.3) is 0 Å². The fourth-order valence-electron chi connectivity index (χ4n) is 3.22. The molecule has 1 nitrogen and oxygen atoms in total. The van der Waals surface area contributed by atoms with Gasteiger partial charge in [-0.05, 0) is 63.2 Å². The Morgan fingerprint density at radius 3 is 2.61 bits per heavy atom. The molecule has 0 spiro atoms. The summed E-state index contributed by atoms with van der Waals surface area (Å²) in [5, 5.41) is 0. The number of rotatable bonds is 7. The van der Waals surface area contributed by atoms with E-state index in [0.717, 1.165) is 37.5 Å². The normalized spacial score (nSPS) is 31.9. The van der Waals surface area contributed by atoms with Gasteiger partial charge in [-0.1, -0.05) is 25.5 Å². The van der Waals surface area contributed by atoms with Gasteiger partial charge in [0.05, 0.1) is 0 Å². The summed E-state index contributed by atoms with van der Waals surface area (Å²) in [6.07, 6.45) is 9.20. The summed E-state index contributed by atoms with van der Waals surface area (Å²) in [6, 6.07) is 0. The van der Waals surface area contributed by atoms with Crippen LogP contribution < -0.4 is 0 Å². The smallest absolute Gasteiger partial charge is 0.135 e. The summed E-state index contributed by atoms with van der Waals surface area (Å²) < 4.78 is 0. The molecule has 2 rings (SSSR count). The average Bonchev–Trinajstić information content (AvgIpc) is 3.18. The lowest BCUT2D eigenvalue weighted by atomic mass is 9.90. The molecule has 3 atom stereocenters. The maximum Gasteiger partial charge on any atom is 0.135 e. The van der Waals surface area contributed by atoms with Crippen molar-refractivity contribution in [2.24, 2.45) is 23.2 Å². The third kappa shape index (κ3) is 3.46. The topological polar surface area (TPSA) is 17.1 Å². The molecule has 102 valence electrons. The maximum absolute atomic E-state index is 11.8. The highest BCUT2D eigenvalue weighted by Gasteiger charge is 2.51. The van der Waals surface area contributed by atoms with Crippen molar-refractivity contribution in [3.8, 4) is 0 Å². The van der Waals surface area contributed by atoms with Gasteiger partial charge in [-0.2, -0.15) is 0 Å². The Balaban J connectivity index is 1.73. The first-order valence-electron chi connectivity index (χ1n) is 7.58. The van der Waals surface area contributed by atoms with E-state index in [2.05, 4.69) is 33.8 Å². The molecule has 2 fully saturated rings. The second-order valence-corrected chi connectivity index (χ2v) is 7.20. The van der Waals surface area contributed by atoms with Crippen LogP contribution in [0.1, 0.15) is 66.2 Å². The van der Waals surface area contributed by atoms with Crippen LogP contribution in [0.25, 0.3) is 0 Å². The molecule has 18 heavy (non-hydrogen) atoms. The van der Waals surface area contributed by atoms with E-state index in [1.807, 2.05) is 0 Å². The van der Waals surface area contributed by atoms with Crippen LogP contribution in [-0.2, 0) is 4.79 Å². The molecule has 0 N–H and O–H groups in total. The molecule has 0 saturated heterocycles. The quantitative estimate of drug-likeness (QED) is 0.593. The van der Waals surface area contributed by atoms with E-state index in [1.165, 1.54) is 18.4 Å². The lowest BCUT2D eigenvalue weighted by Crippen LogP contribution is -2.09. The molecule has 0 amide bonds. The molecular weight excluding hydrogens is 220 g/mol. The van der Waals surface area contributed by atoms with Crippen molar-refractivity contribution >= 4 is 5.78 Å². The third-order valence-electron chi connectivity index (χ3n) is 4.98. The predicted molar refractivity (Wildman–Crippen MR) is 76.4 cm³/mol. The molecule has 0 aliphatic heterocycles. The highest BCUT2D eigenvalue weighted by atomic mass is 16.1. The first-order chi connectivity index (χ1) is 8.42. The van der Waals surface area contributed by atoms with Gasteiger partial charge >= 0.3 is 0 Å². The number of Topliss-reactive ketones (excluding diaryl/α,β-unsaturated/α-hetero) is 1. The van der Waals surface area contributed by atoms with Crippen LogP contribution in [0.4, 0.5) is 0 Å². The largest absolute Gasteiger partial charge is 0.299 e. The predicted octanol–water partition coefficient (Wildman–Crippen LogP) is 4.76. The van der Waals surface area contributed by atoms with Crippen molar-refractivity contribution in [2.75, 3.05) is 0 Å². The minimum absolute atomic E-state index is 0.453. The van der Waals surface area contributed by atoms with Gasteiger partial charge < -0.3 is 0 Å². The molecule has 3 unspecified atom stereocenters. The molecule has 0 radical (unpaired) electrons. The van der Waals surface area contributed by atoms with E-state index >= 15 is 0 Å². The number of hydrogen-bond donors (Lipinski definition) is 0. The van der Waals surface area contributed by atoms with Crippen molar-refractivity contribution in [3.05, 3.63) is 11.6 Å². The summed E-state index contributed by atoms with van der Waals surface area (Å²) in [6.45, 7) is 9.11. The number of carbonyl (C=O) groups is 1. The summed E-state index contributed by atoms with van der Waals surface area (Å²) >= 11 is 0. The van der Waals surface area contributed by atoms with Crippen LogP contribution in [0.15, 0.2) is 11.6 Å². The number of allylic oxidation sites excluding steroid dienone is 2. The lowest BCUT2D eigenvalue weighted by molar-refractivity contribution is -0.120. The molecule has 0 bridgehead atoms. The van der Waals surface area contributed by atoms with Gasteiger partial charge in [0, 0.05) is 12.3 Å². The van der Waals surface area contributed by atoms with E-state index in [1.54, 1.807) is 0 Å². The highest BCUT2D eigenvalue weighted by Crippen LogP contribution is 2.60. The minimum atomic E-state index is 0.453. The third-order valence-corrected chi connectivity index (χ3v) is 4.98. The molecule has 0 heterocycles. The average molecular weight is 248 g/mol. The van der Waals surface area contributed by atoms with Crippen molar-refractivity contribution in [1.82, 2.24) is 0 Å². The SMILES string of the molecule is CC(C)=CCC(C)C1CC1(C)CCC(=O)C1CC1. The fraction of sp³-hybridized carbons (Fsp3) is 0.824. The Kier molecular flexibility index (Phi) is 3.99. The van der Waals surface area contributed by atoms with Crippen LogP contribution in [0.2, 0.25) is 0 Å². The van der Waals surface area contributed by atoms with Crippen molar-refractivity contribution in [2.45, 2.75) is 66.2 Å². The van der Waals surface area contributed by atoms with E-state index in [4.69, 9.17) is 0 Å². The van der Waals surface area contributed by atoms with E-state index in [-0.39, 0.29) is 0 Å². The van der Waals surface area contributed by atoms with Crippen LogP contribution in [0.5, 0.6) is 0 Å². The molecule has 0 aromatic carbocycles. The van der Waals surface area contributed by atoms with Crippen LogP contribution >= 0.6 is 0 Å². The first-order valence-corrected chi connectivity index (χ1v) is 7.58. The zero-order chi connectivity index (χ0) is 13.3. The Hall–Kier alpha value is -0.590. The number of hydrogen-bond acceptors (Lipinski definition) is 1. The van der Waals surface area contributed by atoms with Gasteiger partial charge in [0.2, 0.25) is 0 Å². The Morgan fingerprint density at radius 1 is 1.39 bits per heavy atom. The van der Waals surface area contributed by atoms with Crippen molar-refractivity contribution in [1.29, 1.82) is 0 Å². The molecule has 1 heteroatoms. The zero-order valence-electron chi connectivity index (χ0n) is 12.5.